The first-order chi connectivity index (χ1) is 12.1. The van der Waals surface area contributed by atoms with Crippen molar-refractivity contribution in [1.82, 2.24) is 15.0 Å². The van der Waals surface area contributed by atoms with E-state index in [1.807, 2.05) is 13.0 Å². The standard InChI is InChI=1S/C18H17N3O4/c1-11-10-14(20-25-11)15-4-2-8-21(15)18(23)12-6-7-13(19-17(12)22)16-5-3-9-24-16/h3,5-7,9-10,15H,2,4,8H2,1H3,(H,19,22)/t15-/m1/s1. The summed E-state index contributed by atoms with van der Waals surface area (Å²) >= 11 is 0. The van der Waals surface area contributed by atoms with Crippen LogP contribution >= 0.6 is 0 Å². The summed E-state index contributed by atoms with van der Waals surface area (Å²) in [6, 6.07) is 8.38. The van der Waals surface area contributed by atoms with E-state index in [4.69, 9.17) is 8.94 Å². The maximum atomic E-state index is 12.9. The number of nitrogens with one attached hydrogen (secondary N) is 1. The second kappa shape index (κ2) is 6.08. The fourth-order valence-electron chi connectivity index (χ4n) is 3.23. The van der Waals surface area contributed by atoms with Gasteiger partial charge in [-0.3, -0.25) is 9.59 Å². The summed E-state index contributed by atoms with van der Waals surface area (Å²) in [6.07, 6.45) is 3.20. The molecule has 1 aliphatic heterocycles. The van der Waals surface area contributed by atoms with E-state index in [2.05, 4.69) is 10.1 Å². The highest BCUT2D eigenvalue weighted by Gasteiger charge is 2.33. The van der Waals surface area contributed by atoms with Crippen molar-refractivity contribution >= 4 is 5.91 Å². The molecule has 1 atom stereocenters. The molecule has 7 heteroatoms. The Morgan fingerprint density at radius 2 is 2.24 bits per heavy atom. The number of nitrogens with zero attached hydrogens (tertiary/aromatic N) is 2. The molecule has 4 heterocycles. The quantitative estimate of drug-likeness (QED) is 0.792. The maximum absolute atomic E-state index is 12.9. The van der Waals surface area contributed by atoms with E-state index in [-0.39, 0.29) is 17.5 Å². The Kier molecular flexibility index (Phi) is 3.76. The van der Waals surface area contributed by atoms with Crippen LogP contribution in [0.1, 0.15) is 40.7 Å². The number of hydrogen-bond donors (Lipinski definition) is 1. The summed E-state index contributed by atoms with van der Waals surface area (Å²) in [5.41, 5.74) is 0.951. The van der Waals surface area contributed by atoms with E-state index in [0.29, 0.717) is 23.8 Å². The monoisotopic (exact) mass is 339 g/mol. The molecular weight excluding hydrogens is 322 g/mol. The van der Waals surface area contributed by atoms with Crippen LogP contribution in [0.3, 0.4) is 0 Å². The smallest absolute Gasteiger partial charge is 0.261 e. The molecule has 1 aliphatic rings. The molecule has 0 spiro atoms. The first-order valence-electron chi connectivity index (χ1n) is 8.15. The highest BCUT2D eigenvalue weighted by atomic mass is 16.5. The van der Waals surface area contributed by atoms with Gasteiger partial charge < -0.3 is 18.8 Å². The highest BCUT2D eigenvalue weighted by Crippen LogP contribution is 2.32. The number of rotatable bonds is 3. The van der Waals surface area contributed by atoms with Gasteiger partial charge >= 0.3 is 0 Å². The molecule has 1 saturated heterocycles. The minimum atomic E-state index is -0.430. The van der Waals surface area contributed by atoms with Gasteiger partial charge in [0.15, 0.2) is 0 Å². The highest BCUT2D eigenvalue weighted by molar-refractivity contribution is 5.94. The number of carbonyl (C=O) groups excluding carboxylic acids is 1. The summed E-state index contributed by atoms with van der Waals surface area (Å²) in [5.74, 6) is 0.957. The maximum Gasteiger partial charge on any atom is 0.261 e. The normalized spacial score (nSPS) is 17.2. The predicted octanol–water partition coefficient (Wildman–Crippen LogP) is 2.91. The van der Waals surface area contributed by atoms with Gasteiger partial charge in [-0.15, -0.1) is 0 Å². The third kappa shape index (κ3) is 2.77. The molecule has 0 unspecified atom stereocenters. The minimum Gasteiger partial charge on any atom is -0.463 e. The molecule has 25 heavy (non-hydrogen) atoms. The van der Waals surface area contributed by atoms with Crippen LogP contribution in [0, 0.1) is 6.92 Å². The Morgan fingerprint density at radius 3 is 2.92 bits per heavy atom. The van der Waals surface area contributed by atoms with Gasteiger partial charge in [0.2, 0.25) is 0 Å². The molecule has 7 nitrogen and oxygen atoms in total. The summed E-state index contributed by atoms with van der Waals surface area (Å²) in [4.78, 5) is 29.7. The Hall–Kier alpha value is -3.09. The number of amides is 1. The predicted molar refractivity (Wildman–Crippen MR) is 89.0 cm³/mol. The van der Waals surface area contributed by atoms with Crippen molar-refractivity contribution < 1.29 is 13.7 Å². The molecule has 3 aromatic rings. The number of likely N-dealkylation sites (tertiary alicyclic amines) is 1. The molecular formula is C18H17N3O4. The molecule has 0 radical (unpaired) electrons. The van der Waals surface area contributed by atoms with Crippen LogP contribution in [0.5, 0.6) is 0 Å². The molecule has 0 bridgehead atoms. The van der Waals surface area contributed by atoms with E-state index in [0.717, 1.165) is 18.5 Å². The zero-order valence-corrected chi connectivity index (χ0v) is 13.7. The van der Waals surface area contributed by atoms with Crippen LogP contribution in [-0.2, 0) is 0 Å². The molecule has 1 amide bonds. The summed E-state index contributed by atoms with van der Waals surface area (Å²) in [6.45, 7) is 2.41. The van der Waals surface area contributed by atoms with Crippen LogP contribution in [0.25, 0.3) is 11.5 Å². The lowest BCUT2D eigenvalue weighted by molar-refractivity contribution is 0.0729. The Bertz CT molecular complexity index is 955. The molecule has 0 aliphatic carbocycles. The third-order valence-electron chi connectivity index (χ3n) is 4.43. The molecule has 1 N–H and O–H groups in total. The Balaban J connectivity index is 1.63. The van der Waals surface area contributed by atoms with E-state index < -0.39 is 5.56 Å². The van der Waals surface area contributed by atoms with Crippen LogP contribution < -0.4 is 5.56 Å². The van der Waals surface area contributed by atoms with E-state index in [1.165, 1.54) is 6.26 Å². The summed E-state index contributed by atoms with van der Waals surface area (Å²) in [5, 5.41) is 4.03. The topological polar surface area (TPSA) is 92.3 Å². The Labute approximate surface area is 143 Å². The van der Waals surface area contributed by atoms with Gasteiger partial charge in [0, 0.05) is 12.6 Å². The number of aromatic nitrogens is 2. The van der Waals surface area contributed by atoms with Crippen LogP contribution in [0.15, 0.2) is 50.3 Å². The van der Waals surface area contributed by atoms with Gasteiger partial charge in [-0.25, -0.2) is 0 Å². The lowest BCUT2D eigenvalue weighted by Crippen LogP contribution is -2.34. The van der Waals surface area contributed by atoms with Crippen molar-refractivity contribution in [2.24, 2.45) is 0 Å². The molecule has 0 aromatic carbocycles. The Morgan fingerprint density at radius 1 is 1.36 bits per heavy atom. The number of pyridine rings is 1. The molecule has 3 aromatic heterocycles. The number of aryl methyl sites for hydroxylation is 1. The van der Waals surface area contributed by atoms with Crippen molar-refractivity contribution in [3.05, 3.63) is 64.0 Å². The van der Waals surface area contributed by atoms with E-state index >= 15 is 0 Å². The number of carbonyl (C=O) groups is 1. The van der Waals surface area contributed by atoms with Crippen LogP contribution in [-0.4, -0.2) is 27.5 Å². The molecule has 128 valence electrons. The first-order valence-corrected chi connectivity index (χ1v) is 8.15. The second-order valence-electron chi connectivity index (χ2n) is 6.11. The number of furan rings is 1. The van der Waals surface area contributed by atoms with Crippen molar-refractivity contribution in [3.63, 3.8) is 0 Å². The number of H-pyrrole nitrogens is 1. The SMILES string of the molecule is Cc1cc([C@H]2CCCN2C(=O)c2ccc(-c3ccco3)[nH]c2=O)no1. The minimum absolute atomic E-state index is 0.113. The average molecular weight is 339 g/mol. The van der Waals surface area contributed by atoms with Crippen LogP contribution in [0.2, 0.25) is 0 Å². The van der Waals surface area contributed by atoms with Crippen molar-refractivity contribution in [3.8, 4) is 11.5 Å². The summed E-state index contributed by atoms with van der Waals surface area (Å²) < 4.78 is 10.4. The molecule has 4 rings (SSSR count). The van der Waals surface area contributed by atoms with Crippen LogP contribution in [0.4, 0.5) is 0 Å². The first kappa shape index (κ1) is 15.4. The lowest BCUT2D eigenvalue weighted by atomic mass is 10.1. The third-order valence-corrected chi connectivity index (χ3v) is 4.43. The number of aromatic amines is 1. The summed E-state index contributed by atoms with van der Waals surface area (Å²) in [7, 11) is 0. The largest absolute Gasteiger partial charge is 0.463 e. The van der Waals surface area contributed by atoms with E-state index in [9.17, 15) is 9.59 Å². The van der Waals surface area contributed by atoms with Gasteiger partial charge in [-0.2, -0.15) is 0 Å². The fourth-order valence-corrected chi connectivity index (χ4v) is 3.23. The molecule has 0 saturated carbocycles. The lowest BCUT2D eigenvalue weighted by Gasteiger charge is -2.22. The van der Waals surface area contributed by atoms with Gasteiger partial charge in [0.05, 0.1) is 18.0 Å². The van der Waals surface area contributed by atoms with Gasteiger partial charge in [0.1, 0.15) is 22.8 Å². The van der Waals surface area contributed by atoms with E-state index in [1.54, 1.807) is 29.2 Å². The van der Waals surface area contributed by atoms with Crippen molar-refractivity contribution in [1.29, 1.82) is 0 Å². The van der Waals surface area contributed by atoms with Gasteiger partial charge in [-0.1, -0.05) is 5.16 Å². The average Bonchev–Trinajstić information content (AvgIpc) is 3.35. The molecule has 1 fully saturated rings. The number of hydrogen-bond acceptors (Lipinski definition) is 5. The van der Waals surface area contributed by atoms with Crippen molar-refractivity contribution in [2.45, 2.75) is 25.8 Å². The van der Waals surface area contributed by atoms with Gasteiger partial charge in [0.25, 0.3) is 11.5 Å². The second-order valence-corrected chi connectivity index (χ2v) is 6.11. The zero-order valence-electron chi connectivity index (χ0n) is 13.7. The zero-order chi connectivity index (χ0) is 17.4. The fraction of sp³-hybridized carbons (Fsp3) is 0.278. The van der Waals surface area contributed by atoms with Gasteiger partial charge in [-0.05, 0) is 44.0 Å². The van der Waals surface area contributed by atoms with Crippen molar-refractivity contribution in [2.75, 3.05) is 6.54 Å².